The molecule has 1 aromatic carbocycles. The van der Waals surface area contributed by atoms with Gasteiger partial charge in [-0.1, -0.05) is 18.2 Å². The standard InChI is InChI=1S/C18H19N3O2/c1-14-20-16(11-22-14)17-19-9-10-21(17)12-18(7-8-18)13-23-15-5-3-2-4-6-15/h2-6,9-11H,7-8,12-13H2,1H3. The highest BCUT2D eigenvalue weighted by molar-refractivity contribution is 5.47. The first-order valence-electron chi connectivity index (χ1n) is 7.86. The van der Waals surface area contributed by atoms with E-state index in [-0.39, 0.29) is 5.41 Å². The lowest BCUT2D eigenvalue weighted by atomic mass is 10.1. The predicted molar refractivity (Wildman–Crippen MR) is 86.1 cm³/mol. The topological polar surface area (TPSA) is 53.1 Å². The average molecular weight is 309 g/mol. The van der Waals surface area contributed by atoms with Crippen molar-refractivity contribution < 1.29 is 9.15 Å². The predicted octanol–water partition coefficient (Wildman–Crippen LogP) is 3.71. The Morgan fingerprint density at radius 1 is 1.26 bits per heavy atom. The molecule has 1 fully saturated rings. The minimum atomic E-state index is 0.198. The van der Waals surface area contributed by atoms with Crippen molar-refractivity contribution >= 4 is 0 Å². The minimum absolute atomic E-state index is 0.198. The number of ether oxygens (including phenoxy) is 1. The molecule has 0 spiro atoms. The van der Waals surface area contributed by atoms with Gasteiger partial charge in [-0.2, -0.15) is 0 Å². The molecule has 2 aromatic heterocycles. The Morgan fingerprint density at radius 2 is 2.09 bits per heavy atom. The van der Waals surface area contributed by atoms with Crippen LogP contribution in [-0.2, 0) is 6.54 Å². The molecule has 0 aliphatic heterocycles. The van der Waals surface area contributed by atoms with Crippen LogP contribution in [0.3, 0.4) is 0 Å². The molecule has 0 saturated heterocycles. The summed E-state index contributed by atoms with van der Waals surface area (Å²) in [5.74, 6) is 2.44. The summed E-state index contributed by atoms with van der Waals surface area (Å²) in [4.78, 5) is 8.81. The molecule has 4 rings (SSSR count). The fraction of sp³-hybridized carbons (Fsp3) is 0.333. The number of aryl methyl sites for hydroxylation is 1. The fourth-order valence-electron chi connectivity index (χ4n) is 2.78. The second-order valence-corrected chi connectivity index (χ2v) is 6.23. The molecule has 0 bridgehead atoms. The maximum Gasteiger partial charge on any atom is 0.191 e. The Morgan fingerprint density at radius 3 is 2.78 bits per heavy atom. The van der Waals surface area contributed by atoms with E-state index in [1.54, 1.807) is 6.26 Å². The maximum atomic E-state index is 5.96. The Bertz CT molecular complexity index is 787. The highest BCUT2D eigenvalue weighted by Gasteiger charge is 2.44. The Labute approximate surface area is 134 Å². The molecule has 5 nitrogen and oxygen atoms in total. The van der Waals surface area contributed by atoms with Gasteiger partial charge in [-0.25, -0.2) is 9.97 Å². The molecule has 5 heteroatoms. The summed E-state index contributed by atoms with van der Waals surface area (Å²) in [5, 5.41) is 0. The molecular formula is C18H19N3O2. The van der Waals surface area contributed by atoms with Crippen LogP contribution in [0.25, 0.3) is 11.5 Å². The zero-order valence-electron chi connectivity index (χ0n) is 13.1. The lowest BCUT2D eigenvalue weighted by Gasteiger charge is -2.18. The lowest BCUT2D eigenvalue weighted by molar-refractivity contribution is 0.216. The van der Waals surface area contributed by atoms with E-state index in [4.69, 9.17) is 9.15 Å². The quantitative estimate of drug-likeness (QED) is 0.696. The van der Waals surface area contributed by atoms with Gasteiger partial charge in [0.1, 0.15) is 17.7 Å². The third kappa shape index (κ3) is 2.99. The fourth-order valence-corrected chi connectivity index (χ4v) is 2.78. The summed E-state index contributed by atoms with van der Waals surface area (Å²) in [6.45, 7) is 3.46. The van der Waals surface area contributed by atoms with E-state index in [2.05, 4.69) is 14.5 Å². The highest BCUT2D eigenvalue weighted by Crippen LogP contribution is 2.47. The molecule has 23 heavy (non-hydrogen) atoms. The van der Waals surface area contributed by atoms with Crippen molar-refractivity contribution in [2.75, 3.05) is 6.61 Å². The molecule has 0 unspecified atom stereocenters. The van der Waals surface area contributed by atoms with Crippen molar-refractivity contribution in [2.45, 2.75) is 26.3 Å². The van der Waals surface area contributed by atoms with E-state index in [9.17, 15) is 0 Å². The molecule has 2 heterocycles. The van der Waals surface area contributed by atoms with Gasteiger partial charge in [-0.15, -0.1) is 0 Å². The molecule has 1 aliphatic carbocycles. The van der Waals surface area contributed by atoms with Gasteiger partial charge in [0, 0.05) is 31.3 Å². The van der Waals surface area contributed by atoms with E-state index in [0.717, 1.165) is 30.4 Å². The van der Waals surface area contributed by atoms with Gasteiger partial charge in [0.05, 0.1) is 6.61 Å². The largest absolute Gasteiger partial charge is 0.493 e. The van der Waals surface area contributed by atoms with Crippen LogP contribution in [0.2, 0.25) is 0 Å². The van der Waals surface area contributed by atoms with Crippen LogP contribution in [0.4, 0.5) is 0 Å². The van der Waals surface area contributed by atoms with E-state index >= 15 is 0 Å². The first kappa shape index (κ1) is 14.1. The number of para-hydroxylation sites is 1. The SMILES string of the molecule is Cc1nc(-c2nccn2CC2(COc3ccccc3)CC2)co1. The summed E-state index contributed by atoms with van der Waals surface area (Å²) in [7, 11) is 0. The number of oxazole rings is 1. The Kier molecular flexibility index (Phi) is 3.41. The summed E-state index contributed by atoms with van der Waals surface area (Å²) in [5.41, 5.74) is 0.983. The van der Waals surface area contributed by atoms with Gasteiger partial charge in [0.25, 0.3) is 0 Å². The van der Waals surface area contributed by atoms with Crippen LogP contribution in [0.5, 0.6) is 5.75 Å². The monoisotopic (exact) mass is 309 g/mol. The number of benzene rings is 1. The van der Waals surface area contributed by atoms with Crippen molar-refractivity contribution in [2.24, 2.45) is 5.41 Å². The van der Waals surface area contributed by atoms with Gasteiger partial charge in [0.2, 0.25) is 0 Å². The second-order valence-electron chi connectivity index (χ2n) is 6.23. The number of hydrogen-bond donors (Lipinski definition) is 0. The summed E-state index contributed by atoms with van der Waals surface area (Å²) < 4.78 is 13.4. The Hall–Kier alpha value is -2.56. The third-order valence-electron chi connectivity index (χ3n) is 4.31. The molecule has 0 N–H and O–H groups in total. The van der Waals surface area contributed by atoms with Crippen molar-refractivity contribution in [3.8, 4) is 17.3 Å². The molecular weight excluding hydrogens is 290 g/mol. The summed E-state index contributed by atoms with van der Waals surface area (Å²) in [6, 6.07) is 9.98. The number of rotatable bonds is 6. The zero-order valence-corrected chi connectivity index (χ0v) is 13.1. The smallest absolute Gasteiger partial charge is 0.191 e. The highest BCUT2D eigenvalue weighted by atomic mass is 16.5. The van der Waals surface area contributed by atoms with Gasteiger partial charge in [0.15, 0.2) is 11.7 Å². The van der Waals surface area contributed by atoms with Crippen LogP contribution in [0.15, 0.2) is 53.4 Å². The van der Waals surface area contributed by atoms with Gasteiger partial charge >= 0.3 is 0 Å². The van der Waals surface area contributed by atoms with Crippen molar-refractivity contribution in [1.82, 2.24) is 14.5 Å². The first-order chi connectivity index (χ1) is 11.2. The van der Waals surface area contributed by atoms with E-state index in [0.29, 0.717) is 5.89 Å². The molecule has 0 radical (unpaired) electrons. The van der Waals surface area contributed by atoms with Gasteiger partial charge in [-0.3, -0.25) is 0 Å². The normalized spacial score (nSPS) is 15.5. The van der Waals surface area contributed by atoms with E-state index < -0.39 is 0 Å². The third-order valence-corrected chi connectivity index (χ3v) is 4.31. The number of hydrogen-bond acceptors (Lipinski definition) is 4. The number of aromatic nitrogens is 3. The molecule has 118 valence electrons. The van der Waals surface area contributed by atoms with Crippen molar-refractivity contribution in [3.63, 3.8) is 0 Å². The lowest BCUT2D eigenvalue weighted by Crippen LogP contribution is -2.20. The molecule has 3 aromatic rings. The number of nitrogens with zero attached hydrogens (tertiary/aromatic N) is 3. The zero-order chi connectivity index (χ0) is 15.7. The summed E-state index contributed by atoms with van der Waals surface area (Å²) >= 11 is 0. The van der Waals surface area contributed by atoms with E-state index in [1.807, 2.05) is 49.6 Å². The average Bonchev–Trinajstić information content (AvgIpc) is 2.95. The van der Waals surface area contributed by atoms with Crippen LogP contribution in [0, 0.1) is 12.3 Å². The molecule has 1 saturated carbocycles. The second kappa shape index (κ2) is 5.57. The number of imidazole rings is 1. The minimum Gasteiger partial charge on any atom is -0.493 e. The Balaban J connectivity index is 1.47. The molecule has 1 aliphatic rings. The van der Waals surface area contributed by atoms with Gasteiger partial charge < -0.3 is 13.7 Å². The maximum absolute atomic E-state index is 5.96. The van der Waals surface area contributed by atoms with Crippen LogP contribution < -0.4 is 4.74 Å². The first-order valence-corrected chi connectivity index (χ1v) is 7.86. The van der Waals surface area contributed by atoms with Crippen molar-refractivity contribution in [3.05, 3.63) is 54.9 Å². The van der Waals surface area contributed by atoms with Crippen LogP contribution in [0.1, 0.15) is 18.7 Å². The van der Waals surface area contributed by atoms with Crippen LogP contribution in [-0.4, -0.2) is 21.1 Å². The molecule has 0 amide bonds. The van der Waals surface area contributed by atoms with Crippen molar-refractivity contribution in [1.29, 1.82) is 0 Å². The molecule has 0 atom stereocenters. The van der Waals surface area contributed by atoms with Crippen LogP contribution >= 0.6 is 0 Å². The van der Waals surface area contributed by atoms with Gasteiger partial charge in [-0.05, 0) is 25.0 Å². The summed E-state index contributed by atoms with van der Waals surface area (Å²) in [6.07, 6.45) is 7.83. The van der Waals surface area contributed by atoms with E-state index in [1.165, 1.54) is 12.8 Å².